The van der Waals surface area contributed by atoms with Gasteiger partial charge in [0.1, 0.15) is 0 Å². The number of thioether (sulfide) groups is 1. The maximum atomic E-state index is 13.4. The van der Waals surface area contributed by atoms with Crippen molar-refractivity contribution in [3.8, 4) is 5.69 Å². The van der Waals surface area contributed by atoms with Gasteiger partial charge < -0.3 is 4.52 Å². The molecule has 0 unspecified atom stereocenters. The van der Waals surface area contributed by atoms with Gasteiger partial charge in [0, 0.05) is 6.42 Å². The third-order valence-electron chi connectivity index (χ3n) is 4.69. The zero-order valence-electron chi connectivity index (χ0n) is 16.6. The van der Waals surface area contributed by atoms with Crippen LogP contribution in [0, 0.1) is 6.92 Å². The molecule has 4 aromatic rings. The Kier molecular flexibility index (Phi) is 5.49. The number of aryl methyl sites for hydroxylation is 2. The van der Waals surface area contributed by atoms with E-state index < -0.39 is 0 Å². The predicted molar refractivity (Wildman–Crippen MR) is 115 cm³/mol. The molecular weight excluding hydrogens is 384 g/mol. The minimum absolute atomic E-state index is 0.0863. The molecule has 2 aromatic carbocycles. The maximum absolute atomic E-state index is 13.4. The molecule has 1 atom stereocenters. The Morgan fingerprint density at radius 2 is 1.86 bits per heavy atom. The van der Waals surface area contributed by atoms with E-state index in [0.717, 1.165) is 24.1 Å². The second kappa shape index (κ2) is 8.21. The third kappa shape index (κ3) is 3.82. The van der Waals surface area contributed by atoms with Gasteiger partial charge in [0.05, 0.1) is 21.8 Å². The lowest BCUT2D eigenvalue weighted by Gasteiger charge is -2.16. The molecular formula is C22H22N4O2S. The highest BCUT2D eigenvalue weighted by Gasteiger charge is 2.21. The summed E-state index contributed by atoms with van der Waals surface area (Å²) in [4.78, 5) is 22.7. The largest absolute Gasteiger partial charge is 0.338 e. The second-order valence-corrected chi connectivity index (χ2v) is 8.21. The molecule has 0 aliphatic rings. The van der Waals surface area contributed by atoms with E-state index in [1.807, 2.05) is 62.4 Å². The molecule has 0 saturated carbocycles. The average Bonchev–Trinajstić information content (AvgIpc) is 3.18. The van der Waals surface area contributed by atoms with Crippen LogP contribution in [-0.2, 0) is 6.42 Å². The number of rotatable bonds is 6. The zero-order valence-corrected chi connectivity index (χ0v) is 17.4. The number of para-hydroxylation sites is 2. The van der Waals surface area contributed by atoms with E-state index in [2.05, 4.69) is 17.1 Å². The lowest BCUT2D eigenvalue weighted by atomic mass is 10.2. The van der Waals surface area contributed by atoms with Crippen LogP contribution in [-0.4, -0.2) is 19.7 Å². The quantitative estimate of drug-likeness (QED) is 0.335. The average molecular weight is 407 g/mol. The summed E-state index contributed by atoms with van der Waals surface area (Å²) >= 11 is 1.44. The Hall–Kier alpha value is -2.93. The Bertz CT molecular complexity index is 1210. The van der Waals surface area contributed by atoms with Crippen LogP contribution in [0.4, 0.5) is 0 Å². The van der Waals surface area contributed by atoms with E-state index in [1.54, 1.807) is 4.57 Å². The first-order valence-corrected chi connectivity index (χ1v) is 10.5. The maximum Gasteiger partial charge on any atom is 0.266 e. The number of hydrogen-bond acceptors (Lipinski definition) is 6. The van der Waals surface area contributed by atoms with Crippen molar-refractivity contribution in [1.82, 2.24) is 19.7 Å². The number of benzene rings is 2. The molecule has 0 fully saturated rings. The Morgan fingerprint density at radius 1 is 1.10 bits per heavy atom. The minimum Gasteiger partial charge on any atom is -0.338 e. The van der Waals surface area contributed by atoms with E-state index in [0.29, 0.717) is 27.8 Å². The third-order valence-corrected chi connectivity index (χ3v) is 5.73. The van der Waals surface area contributed by atoms with Crippen LogP contribution in [0.15, 0.2) is 63.0 Å². The summed E-state index contributed by atoms with van der Waals surface area (Å²) in [6, 6.07) is 15.2. The smallest absolute Gasteiger partial charge is 0.266 e. The van der Waals surface area contributed by atoms with Crippen LogP contribution in [0.1, 0.15) is 42.8 Å². The van der Waals surface area contributed by atoms with Crippen molar-refractivity contribution in [2.75, 3.05) is 0 Å². The number of nitrogens with zero attached hydrogens (tertiary/aromatic N) is 4. The topological polar surface area (TPSA) is 73.8 Å². The fraction of sp³-hybridized carbons (Fsp3) is 0.273. The molecule has 7 heteroatoms. The van der Waals surface area contributed by atoms with Crippen molar-refractivity contribution in [2.24, 2.45) is 0 Å². The zero-order chi connectivity index (χ0) is 20.4. The Morgan fingerprint density at radius 3 is 2.66 bits per heavy atom. The molecule has 0 amide bonds. The van der Waals surface area contributed by atoms with E-state index in [1.165, 1.54) is 11.8 Å². The van der Waals surface area contributed by atoms with E-state index in [4.69, 9.17) is 9.51 Å². The standard InChI is InChI=1S/C22H22N4O2S/c1-4-9-19-24-20(28-25-19)15(3)29-22-23-17-12-7-6-11-16(17)21(27)26(22)18-13-8-5-10-14(18)2/h5-8,10-13,15H,4,9H2,1-3H3/t15-/m0/s1. The highest BCUT2D eigenvalue weighted by atomic mass is 32.2. The van der Waals surface area contributed by atoms with Crippen LogP contribution in [0.5, 0.6) is 0 Å². The van der Waals surface area contributed by atoms with Gasteiger partial charge in [0.15, 0.2) is 11.0 Å². The molecule has 0 aliphatic heterocycles. The van der Waals surface area contributed by atoms with Crippen molar-refractivity contribution in [3.63, 3.8) is 0 Å². The first kappa shape index (κ1) is 19.4. The van der Waals surface area contributed by atoms with Gasteiger partial charge in [-0.05, 0) is 44.0 Å². The van der Waals surface area contributed by atoms with Crippen molar-refractivity contribution in [1.29, 1.82) is 0 Å². The highest BCUT2D eigenvalue weighted by molar-refractivity contribution is 7.99. The molecule has 0 N–H and O–H groups in total. The van der Waals surface area contributed by atoms with Gasteiger partial charge in [-0.25, -0.2) is 4.98 Å². The summed E-state index contributed by atoms with van der Waals surface area (Å²) < 4.78 is 7.12. The molecule has 2 heterocycles. The van der Waals surface area contributed by atoms with Gasteiger partial charge >= 0.3 is 0 Å². The van der Waals surface area contributed by atoms with Gasteiger partial charge in [0.2, 0.25) is 5.89 Å². The van der Waals surface area contributed by atoms with Crippen LogP contribution >= 0.6 is 11.8 Å². The lowest BCUT2D eigenvalue weighted by molar-refractivity contribution is 0.374. The molecule has 2 aromatic heterocycles. The normalized spacial score (nSPS) is 12.4. The predicted octanol–water partition coefficient (Wildman–Crippen LogP) is 4.88. The molecule has 0 saturated heterocycles. The molecule has 0 radical (unpaired) electrons. The molecule has 0 spiro atoms. The summed E-state index contributed by atoms with van der Waals surface area (Å²) in [6.45, 7) is 6.05. The summed E-state index contributed by atoms with van der Waals surface area (Å²) in [5.41, 5.74) is 2.41. The van der Waals surface area contributed by atoms with Gasteiger partial charge in [-0.1, -0.05) is 54.2 Å². The molecule has 148 valence electrons. The molecule has 0 aliphatic carbocycles. The van der Waals surface area contributed by atoms with Crippen LogP contribution in [0.3, 0.4) is 0 Å². The second-order valence-electron chi connectivity index (χ2n) is 6.90. The highest BCUT2D eigenvalue weighted by Crippen LogP contribution is 2.34. The van der Waals surface area contributed by atoms with Crippen molar-refractivity contribution in [2.45, 2.75) is 44.0 Å². The first-order valence-electron chi connectivity index (χ1n) is 9.65. The van der Waals surface area contributed by atoms with Crippen molar-refractivity contribution >= 4 is 22.7 Å². The molecule has 4 rings (SSSR count). The summed E-state index contributed by atoms with van der Waals surface area (Å²) in [5.74, 6) is 1.25. The first-order chi connectivity index (χ1) is 14.1. The van der Waals surface area contributed by atoms with Gasteiger partial charge in [-0.15, -0.1) is 0 Å². The molecule has 6 nitrogen and oxygen atoms in total. The van der Waals surface area contributed by atoms with Crippen LogP contribution in [0.25, 0.3) is 16.6 Å². The number of aromatic nitrogens is 4. The minimum atomic E-state index is -0.142. The van der Waals surface area contributed by atoms with Crippen LogP contribution < -0.4 is 5.56 Å². The Labute approximate surface area is 173 Å². The van der Waals surface area contributed by atoms with Gasteiger partial charge in [-0.3, -0.25) is 9.36 Å². The summed E-state index contributed by atoms with van der Waals surface area (Å²) in [6.07, 6.45) is 1.74. The molecule has 0 bridgehead atoms. The fourth-order valence-corrected chi connectivity index (χ4v) is 4.13. The summed E-state index contributed by atoms with van der Waals surface area (Å²) in [5, 5.41) is 5.10. The van der Waals surface area contributed by atoms with E-state index in [9.17, 15) is 4.79 Å². The van der Waals surface area contributed by atoms with Crippen molar-refractivity contribution < 1.29 is 4.52 Å². The van der Waals surface area contributed by atoms with E-state index in [-0.39, 0.29) is 10.8 Å². The number of hydrogen-bond donors (Lipinski definition) is 0. The Balaban J connectivity index is 1.83. The van der Waals surface area contributed by atoms with E-state index >= 15 is 0 Å². The monoisotopic (exact) mass is 406 g/mol. The summed E-state index contributed by atoms with van der Waals surface area (Å²) in [7, 11) is 0. The SMILES string of the molecule is CCCc1noc([C@H](C)Sc2nc3ccccc3c(=O)n2-c2ccccc2C)n1. The lowest BCUT2D eigenvalue weighted by Crippen LogP contribution is -2.22. The molecule has 29 heavy (non-hydrogen) atoms. The number of fused-ring (bicyclic) bond motifs is 1. The van der Waals surface area contributed by atoms with Crippen LogP contribution in [0.2, 0.25) is 0 Å². The van der Waals surface area contributed by atoms with Crippen molar-refractivity contribution in [3.05, 3.63) is 76.2 Å². The fourth-order valence-electron chi connectivity index (χ4n) is 3.18. The van der Waals surface area contributed by atoms with Gasteiger partial charge in [0.25, 0.3) is 5.56 Å². The van der Waals surface area contributed by atoms with Gasteiger partial charge in [-0.2, -0.15) is 4.98 Å².